The maximum absolute atomic E-state index is 6.28. The molecule has 2 aromatic carbocycles. The Morgan fingerprint density at radius 1 is 1.08 bits per heavy atom. The summed E-state index contributed by atoms with van der Waals surface area (Å²) in [5.74, 6) is 1.94. The summed E-state index contributed by atoms with van der Waals surface area (Å²) in [7, 11) is 0. The van der Waals surface area contributed by atoms with Crippen molar-refractivity contribution < 1.29 is 4.74 Å². The molecule has 1 heterocycles. The fourth-order valence-electron chi connectivity index (χ4n) is 3.67. The number of rotatable bonds is 3. The molecule has 0 radical (unpaired) electrons. The van der Waals surface area contributed by atoms with E-state index in [1.807, 2.05) is 36.4 Å². The molecule has 1 atom stereocenters. The number of nitrogens with two attached hydrogens (primary N) is 1. The van der Waals surface area contributed by atoms with Gasteiger partial charge < -0.3 is 15.8 Å². The summed E-state index contributed by atoms with van der Waals surface area (Å²) in [4.78, 5) is 4.69. The van der Waals surface area contributed by atoms with Crippen molar-refractivity contribution in [2.45, 2.75) is 37.3 Å². The van der Waals surface area contributed by atoms with Crippen molar-refractivity contribution in [2.75, 3.05) is 6.61 Å². The maximum atomic E-state index is 6.28. The van der Waals surface area contributed by atoms with Gasteiger partial charge in [0.15, 0.2) is 5.96 Å². The van der Waals surface area contributed by atoms with Crippen molar-refractivity contribution in [2.24, 2.45) is 10.7 Å². The molecule has 1 aliphatic carbocycles. The second kappa shape index (κ2) is 6.96. The molecular weight excluding hydrogens is 334 g/mol. The van der Waals surface area contributed by atoms with E-state index in [-0.39, 0.29) is 6.04 Å². The molecule has 0 spiro atoms. The van der Waals surface area contributed by atoms with E-state index in [4.69, 9.17) is 27.1 Å². The lowest BCUT2D eigenvalue weighted by Crippen LogP contribution is -2.46. The highest BCUT2D eigenvalue weighted by Gasteiger charge is 2.32. The van der Waals surface area contributed by atoms with Crippen LogP contribution in [0.5, 0.6) is 5.75 Å². The minimum Gasteiger partial charge on any atom is -0.493 e. The van der Waals surface area contributed by atoms with Gasteiger partial charge in [-0.2, -0.15) is 0 Å². The van der Waals surface area contributed by atoms with E-state index in [1.165, 1.54) is 5.56 Å². The predicted octanol–water partition coefficient (Wildman–Crippen LogP) is 4.01. The zero-order chi connectivity index (χ0) is 17.2. The Hall–Kier alpha value is -2.20. The summed E-state index contributed by atoms with van der Waals surface area (Å²) in [5.41, 5.74) is 8.50. The Labute approximate surface area is 153 Å². The minimum atomic E-state index is 0.0666. The molecule has 1 saturated carbocycles. The van der Waals surface area contributed by atoms with E-state index in [0.29, 0.717) is 24.5 Å². The third-order valence-corrected chi connectivity index (χ3v) is 5.40. The summed E-state index contributed by atoms with van der Waals surface area (Å²) in [5, 5.41) is 4.21. The van der Waals surface area contributed by atoms with Crippen LogP contribution in [0, 0.1) is 0 Å². The molecule has 0 saturated heterocycles. The smallest absolute Gasteiger partial charge is 0.189 e. The quantitative estimate of drug-likeness (QED) is 0.646. The summed E-state index contributed by atoms with van der Waals surface area (Å²) >= 11 is 6.28. The number of guanidine groups is 1. The highest BCUT2D eigenvalue weighted by molar-refractivity contribution is 6.31. The van der Waals surface area contributed by atoms with Crippen LogP contribution in [0.25, 0.3) is 0 Å². The molecule has 130 valence electrons. The van der Waals surface area contributed by atoms with E-state index in [9.17, 15) is 0 Å². The van der Waals surface area contributed by atoms with Gasteiger partial charge >= 0.3 is 0 Å². The van der Waals surface area contributed by atoms with Gasteiger partial charge in [-0.25, -0.2) is 4.99 Å². The number of ether oxygens (including phenoxy) is 1. The van der Waals surface area contributed by atoms with Crippen molar-refractivity contribution in [3.63, 3.8) is 0 Å². The Balaban J connectivity index is 1.37. The maximum Gasteiger partial charge on any atom is 0.189 e. The van der Waals surface area contributed by atoms with Gasteiger partial charge in [-0.05, 0) is 36.5 Å². The average molecular weight is 356 g/mol. The normalized spacial score (nSPS) is 25.5. The van der Waals surface area contributed by atoms with Crippen LogP contribution >= 0.6 is 11.6 Å². The number of hydrogen-bond donors (Lipinski definition) is 2. The van der Waals surface area contributed by atoms with Gasteiger partial charge in [-0.1, -0.05) is 48.0 Å². The number of para-hydroxylation sites is 1. The molecule has 2 aliphatic rings. The molecule has 0 amide bonds. The first-order valence-corrected chi connectivity index (χ1v) is 9.14. The molecule has 5 heteroatoms. The summed E-state index contributed by atoms with van der Waals surface area (Å²) < 4.78 is 5.68. The number of nitrogens with one attached hydrogen (secondary N) is 1. The van der Waals surface area contributed by atoms with Crippen LogP contribution in [-0.2, 0) is 0 Å². The number of aliphatic imine (C=N–C) groups is 1. The number of hydrogen-bond acceptors (Lipinski definition) is 2. The fourth-order valence-corrected chi connectivity index (χ4v) is 3.96. The highest BCUT2D eigenvalue weighted by Crippen LogP contribution is 2.40. The molecular formula is C20H22ClN3O. The standard InChI is InChI=1S/C20H22ClN3O/c21-17-7-3-1-5-15(17)13-11-14(12-13)23-20(22)24-18-9-10-25-19-8-4-2-6-16(18)19/h1-8,13-14,18H,9-12H2,(H3,22,23,24). The summed E-state index contributed by atoms with van der Waals surface area (Å²) in [6.07, 6.45) is 2.92. The molecule has 1 fully saturated rings. The molecule has 1 aliphatic heterocycles. The van der Waals surface area contributed by atoms with Crippen molar-refractivity contribution in [3.8, 4) is 5.75 Å². The Bertz CT molecular complexity index is 786. The van der Waals surface area contributed by atoms with Gasteiger partial charge in [-0.15, -0.1) is 0 Å². The highest BCUT2D eigenvalue weighted by atomic mass is 35.5. The first-order chi connectivity index (χ1) is 12.2. The Kier molecular flexibility index (Phi) is 4.53. The van der Waals surface area contributed by atoms with Crippen LogP contribution in [0.1, 0.15) is 42.3 Å². The zero-order valence-electron chi connectivity index (χ0n) is 14.0. The predicted molar refractivity (Wildman–Crippen MR) is 101 cm³/mol. The van der Waals surface area contributed by atoms with E-state index in [0.717, 1.165) is 35.6 Å². The Morgan fingerprint density at radius 2 is 1.80 bits per heavy atom. The van der Waals surface area contributed by atoms with Gasteiger partial charge in [0, 0.05) is 23.0 Å². The number of halogens is 1. The van der Waals surface area contributed by atoms with Crippen LogP contribution in [0.3, 0.4) is 0 Å². The van der Waals surface area contributed by atoms with E-state index < -0.39 is 0 Å². The lowest BCUT2D eigenvalue weighted by atomic mass is 9.76. The number of nitrogens with zero attached hydrogens (tertiary/aromatic N) is 1. The lowest BCUT2D eigenvalue weighted by molar-refractivity contribution is 0.269. The van der Waals surface area contributed by atoms with Crippen molar-refractivity contribution in [1.82, 2.24) is 5.32 Å². The molecule has 3 N–H and O–H groups in total. The van der Waals surface area contributed by atoms with Crippen molar-refractivity contribution >= 4 is 17.6 Å². The van der Waals surface area contributed by atoms with Gasteiger partial charge in [-0.3, -0.25) is 0 Å². The first kappa shape index (κ1) is 16.3. The molecule has 0 aromatic heterocycles. The van der Waals surface area contributed by atoms with Crippen molar-refractivity contribution in [3.05, 3.63) is 64.7 Å². The monoisotopic (exact) mass is 355 g/mol. The van der Waals surface area contributed by atoms with Gasteiger partial charge in [0.25, 0.3) is 0 Å². The van der Waals surface area contributed by atoms with Crippen molar-refractivity contribution in [1.29, 1.82) is 0 Å². The average Bonchev–Trinajstić information content (AvgIpc) is 2.59. The minimum absolute atomic E-state index is 0.0666. The Morgan fingerprint density at radius 3 is 2.60 bits per heavy atom. The lowest BCUT2D eigenvalue weighted by Gasteiger charge is -2.37. The van der Waals surface area contributed by atoms with Gasteiger partial charge in [0.2, 0.25) is 0 Å². The topological polar surface area (TPSA) is 59.6 Å². The molecule has 0 bridgehead atoms. The van der Waals surface area contributed by atoms with E-state index >= 15 is 0 Å². The summed E-state index contributed by atoms with van der Waals surface area (Å²) in [6, 6.07) is 16.5. The number of fused-ring (bicyclic) bond motifs is 1. The third kappa shape index (κ3) is 3.45. The van der Waals surface area contributed by atoms with Crippen LogP contribution in [0.2, 0.25) is 5.02 Å². The van der Waals surface area contributed by atoms with E-state index in [1.54, 1.807) is 0 Å². The van der Waals surface area contributed by atoms with Crippen LogP contribution < -0.4 is 15.8 Å². The van der Waals surface area contributed by atoms with Crippen LogP contribution in [0.4, 0.5) is 0 Å². The molecule has 25 heavy (non-hydrogen) atoms. The molecule has 4 nitrogen and oxygen atoms in total. The second-order valence-electron chi connectivity index (χ2n) is 6.74. The second-order valence-corrected chi connectivity index (χ2v) is 7.14. The van der Waals surface area contributed by atoms with Crippen LogP contribution in [-0.4, -0.2) is 18.6 Å². The van der Waals surface area contributed by atoms with Gasteiger partial charge in [0.05, 0.1) is 12.6 Å². The van der Waals surface area contributed by atoms with E-state index in [2.05, 4.69) is 17.4 Å². The van der Waals surface area contributed by atoms with Crippen LogP contribution in [0.15, 0.2) is 53.5 Å². The zero-order valence-corrected chi connectivity index (χ0v) is 14.7. The first-order valence-electron chi connectivity index (χ1n) is 8.76. The SMILES string of the molecule is NC(=NC1CCOc2ccccc21)NC1CC(c2ccccc2Cl)C1. The van der Waals surface area contributed by atoms with Gasteiger partial charge in [0.1, 0.15) is 5.75 Å². The number of benzene rings is 2. The third-order valence-electron chi connectivity index (χ3n) is 5.06. The molecule has 4 rings (SSSR count). The molecule has 2 aromatic rings. The molecule has 1 unspecified atom stereocenters. The fraction of sp³-hybridized carbons (Fsp3) is 0.350. The summed E-state index contributed by atoms with van der Waals surface area (Å²) in [6.45, 7) is 0.677. The largest absolute Gasteiger partial charge is 0.493 e.